The quantitative estimate of drug-likeness (QED) is 0.321. The van der Waals surface area contributed by atoms with E-state index in [-0.39, 0.29) is 36.1 Å². The fraction of sp³-hybridized carbons (Fsp3) is 0.647. The topological polar surface area (TPSA) is 112 Å². The predicted molar refractivity (Wildman–Crippen MR) is 98.4 cm³/mol. The molecule has 1 heterocycles. The van der Waals surface area contributed by atoms with Crippen LogP contribution in [-0.4, -0.2) is 93.8 Å². The molecule has 154 valence electrons. The van der Waals surface area contributed by atoms with Crippen LogP contribution in [0.4, 0.5) is 0 Å². The van der Waals surface area contributed by atoms with E-state index in [0.29, 0.717) is 36.9 Å². The number of aliphatic hydroxyl groups is 1. The van der Waals surface area contributed by atoms with Gasteiger partial charge in [0.05, 0.1) is 43.3 Å². The largest absolute Gasteiger partial charge is 1.00 e. The van der Waals surface area contributed by atoms with E-state index in [1.165, 1.54) is 0 Å². The van der Waals surface area contributed by atoms with Gasteiger partial charge in [-0.2, -0.15) is 0 Å². The molecular formula is C17H27N2NaO7S. The third-order valence-corrected chi connectivity index (χ3v) is 5.30. The molecule has 1 aromatic carbocycles. The Bertz CT molecular complexity index is 724. The monoisotopic (exact) mass is 426 g/mol. The summed E-state index contributed by atoms with van der Waals surface area (Å²) in [4.78, 5) is 4.19. The van der Waals surface area contributed by atoms with Crippen molar-refractivity contribution in [3.8, 4) is 17.2 Å². The summed E-state index contributed by atoms with van der Waals surface area (Å²) < 4.78 is 48.4. The van der Waals surface area contributed by atoms with Gasteiger partial charge in [0.15, 0.2) is 11.5 Å². The number of ether oxygens (including phenoxy) is 3. The van der Waals surface area contributed by atoms with Gasteiger partial charge in [0.25, 0.3) is 0 Å². The maximum atomic E-state index is 10.7. The van der Waals surface area contributed by atoms with Gasteiger partial charge in [0.2, 0.25) is 5.75 Å². The summed E-state index contributed by atoms with van der Waals surface area (Å²) in [5.41, 5.74) is 0.973. The Hall–Kier alpha value is -0.590. The van der Waals surface area contributed by atoms with Crippen LogP contribution in [-0.2, 0) is 16.7 Å². The fourth-order valence-corrected chi connectivity index (χ4v) is 3.82. The molecule has 0 amide bonds. The molecule has 0 bridgehead atoms. The predicted octanol–water partition coefficient (Wildman–Crippen LogP) is -3.26. The Morgan fingerprint density at radius 2 is 1.61 bits per heavy atom. The van der Waals surface area contributed by atoms with E-state index in [1.54, 1.807) is 21.3 Å². The van der Waals surface area contributed by atoms with E-state index < -0.39 is 22.0 Å². The summed E-state index contributed by atoms with van der Waals surface area (Å²) in [6, 6.07) is 3.78. The average Bonchev–Trinajstić information content (AvgIpc) is 2.61. The first kappa shape index (κ1) is 25.4. The van der Waals surface area contributed by atoms with E-state index in [0.717, 1.165) is 18.7 Å². The van der Waals surface area contributed by atoms with Crippen molar-refractivity contribution in [3.05, 3.63) is 17.7 Å². The van der Waals surface area contributed by atoms with Gasteiger partial charge in [-0.15, -0.1) is 0 Å². The van der Waals surface area contributed by atoms with Crippen molar-refractivity contribution in [1.29, 1.82) is 0 Å². The van der Waals surface area contributed by atoms with Crippen molar-refractivity contribution in [1.82, 2.24) is 9.80 Å². The zero-order valence-corrected chi connectivity index (χ0v) is 19.7. The molecule has 1 aliphatic rings. The molecule has 1 fully saturated rings. The molecule has 11 heteroatoms. The summed E-state index contributed by atoms with van der Waals surface area (Å²) in [6.07, 6.45) is -1.16. The number of methoxy groups -OCH3 is 3. The SMILES string of the molecule is COc1ccc(CN2CCN(CC(O)CS(=O)(=O)[O-])CC2)c(OC)c1OC.[Na+]. The van der Waals surface area contributed by atoms with Gasteiger partial charge in [-0.3, -0.25) is 9.80 Å². The molecule has 0 spiro atoms. The second kappa shape index (κ2) is 11.6. The van der Waals surface area contributed by atoms with Crippen molar-refractivity contribution >= 4 is 10.1 Å². The molecule has 1 aliphatic heterocycles. The van der Waals surface area contributed by atoms with Crippen molar-refractivity contribution < 1.29 is 61.8 Å². The molecule has 28 heavy (non-hydrogen) atoms. The molecule has 0 radical (unpaired) electrons. The average molecular weight is 426 g/mol. The van der Waals surface area contributed by atoms with Crippen LogP contribution in [0.5, 0.6) is 17.2 Å². The first-order chi connectivity index (χ1) is 12.8. The Labute approximate surface area is 188 Å². The number of rotatable bonds is 9. The molecule has 1 saturated heterocycles. The number of piperazine rings is 1. The number of nitrogens with zero attached hydrogens (tertiary/aromatic N) is 2. The van der Waals surface area contributed by atoms with Gasteiger partial charge in [0, 0.05) is 44.8 Å². The van der Waals surface area contributed by atoms with Crippen LogP contribution in [0.25, 0.3) is 0 Å². The van der Waals surface area contributed by atoms with Crippen LogP contribution in [0.1, 0.15) is 5.56 Å². The van der Waals surface area contributed by atoms with Gasteiger partial charge >= 0.3 is 29.6 Å². The maximum Gasteiger partial charge on any atom is 1.00 e. The minimum absolute atomic E-state index is 0. The second-order valence-corrected chi connectivity index (χ2v) is 7.90. The summed E-state index contributed by atoms with van der Waals surface area (Å²) in [5.74, 6) is 1.04. The zero-order chi connectivity index (χ0) is 20.0. The Morgan fingerprint density at radius 1 is 1.04 bits per heavy atom. The van der Waals surface area contributed by atoms with Gasteiger partial charge in [-0.1, -0.05) is 6.07 Å². The van der Waals surface area contributed by atoms with E-state index in [1.807, 2.05) is 17.0 Å². The molecule has 1 aromatic rings. The normalized spacial score (nSPS) is 16.9. The number of β-amino-alcohol motifs (C(OH)–C–C–N with tert-alkyl or cyclic N) is 1. The number of aliphatic hydroxyl groups excluding tert-OH is 1. The summed E-state index contributed by atoms with van der Waals surface area (Å²) in [6.45, 7) is 3.67. The maximum absolute atomic E-state index is 10.7. The summed E-state index contributed by atoms with van der Waals surface area (Å²) in [5, 5.41) is 9.74. The van der Waals surface area contributed by atoms with Crippen LogP contribution < -0.4 is 43.8 Å². The summed E-state index contributed by atoms with van der Waals surface area (Å²) in [7, 11) is 0.307. The van der Waals surface area contributed by atoms with Crippen molar-refractivity contribution in [3.63, 3.8) is 0 Å². The zero-order valence-electron chi connectivity index (χ0n) is 16.9. The first-order valence-electron chi connectivity index (χ1n) is 8.61. The smallest absolute Gasteiger partial charge is 0.748 e. The standard InChI is InChI=1S/C17H28N2O7S.Na/c1-24-15-5-4-13(16(25-2)17(15)26-3)10-18-6-8-19(9-7-18)11-14(20)12-27(21,22)23;/h4-5,14,20H,6-12H2,1-3H3,(H,21,22,23);/q;+1/p-1. The van der Waals surface area contributed by atoms with Crippen molar-refractivity contribution in [2.75, 3.05) is 59.8 Å². The molecule has 2 rings (SSSR count). The number of hydrogen-bond acceptors (Lipinski definition) is 9. The fourth-order valence-electron chi connectivity index (χ4n) is 3.24. The third kappa shape index (κ3) is 7.34. The minimum atomic E-state index is -4.42. The first-order valence-corrected chi connectivity index (χ1v) is 10.2. The van der Waals surface area contributed by atoms with Crippen molar-refractivity contribution in [2.24, 2.45) is 0 Å². The Morgan fingerprint density at radius 3 is 2.11 bits per heavy atom. The van der Waals surface area contributed by atoms with Crippen LogP contribution in [0.3, 0.4) is 0 Å². The molecule has 1 atom stereocenters. The molecule has 9 nitrogen and oxygen atoms in total. The van der Waals surface area contributed by atoms with E-state index in [9.17, 15) is 18.1 Å². The van der Waals surface area contributed by atoms with Crippen LogP contribution in [0, 0.1) is 0 Å². The van der Waals surface area contributed by atoms with Gasteiger partial charge in [0.1, 0.15) is 0 Å². The number of hydrogen-bond donors (Lipinski definition) is 1. The van der Waals surface area contributed by atoms with Crippen LogP contribution in [0.2, 0.25) is 0 Å². The molecular weight excluding hydrogens is 399 g/mol. The third-order valence-electron chi connectivity index (χ3n) is 4.51. The summed E-state index contributed by atoms with van der Waals surface area (Å²) >= 11 is 0. The molecule has 0 saturated carbocycles. The Balaban J connectivity index is 0.00000392. The van der Waals surface area contributed by atoms with Gasteiger partial charge < -0.3 is 23.9 Å². The minimum Gasteiger partial charge on any atom is -0.748 e. The Kier molecular flexibility index (Phi) is 10.5. The van der Waals surface area contributed by atoms with E-state index in [2.05, 4.69) is 4.90 Å². The molecule has 0 aromatic heterocycles. The molecule has 1 unspecified atom stereocenters. The second-order valence-electron chi connectivity index (χ2n) is 6.45. The van der Waals surface area contributed by atoms with Gasteiger partial charge in [-0.25, -0.2) is 8.42 Å². The molecule has 0 aliphatic carbocycles. The van der Waals surface area contributed by atoms with Gasteiger partial charge in [-0.05, 0) is 6.07 Å². The van der Waals surface area contributed by atoms with Crippen molar-refractivity contribution in [2.45, 2.75) is 12.6 Å². The molecule has 1 N–H and O–H groups in total. The van der Waals surface area contributed by atoms with E-state index >= 15 is 0 Å². The number of benzene rings is 1. The van der Waals surface area contributed by atoms with Crippen LogP contribution in [0.15, 0.2) is 12.1 Å². The van der Waals surface area contributed by atoms with E-state index in [4.69, 9.17) is 14.2 Å². The van der Waals surface area contributed by atoms with Crippen LogP contribution >= 0.6 is 0 Å².